The average Bonchev–Trinajstić information content (AvgIpc) is 2.20. The summed E-state index contributed by atoms with van der Waals surface area (Å²) in [5.74, 6) is -0.217. The Hall–Kier alpha value is -2.24. The summed E-state index contributed by atoms with van der Waals surface area (Å²) in [6.45, 7) is 1.77. The van der Waals surface area contributed by atoms with Crippen molar-refractivity contribution in [3.05, 3.63) is 23.8 Å². The third-order valence-electron chi connectivity index (χ3n) is 2.13. The van der Waals surface area contributed by atoms with Gasteiger partial charge in [0.25, 0.3) is 0 Å². The van der Waals surface area contributed by atoms with Crippen LogP contribution in [0.4, 0.5) is 5.69 Å². The SMILES string of the molecule is Cc1cccc(N(C)C(=N)N=C(N)N)c1O. The molecule has 0 atom stereocenters. The molecule has 1 aromatic carbocycles. The molecule has 1 aromatic rings. The first-order valence-electron chi connectivity index (χ1n) is 4.64. The number of aliphatic imine (C=N–C) groups is 1. The second kappa shape index (κ2) is 4.52. The number of para-hydroxylation sites is 1. The minimum absolute atomic E-state index is 0.112. The van der Waals surface area contributed by atoms with Gasteiger partial charge in [0.2, 0.25) is 5.96 Å². The lowest BCUT2D eigenvalue weighted by molar-refractivity contribution is 0.472. The first kappa shape index (κ1) is 11.8. The van der Waals surface area contributed by atoms with Gasteiger partial charge < -0.3 is 21.5 Å². The summed E-state index contributed by atoms with van der Waals surface area (Å²) in [5.41, 5.74) is 11.6. The van der Waals surface area contributed by atoms with Crippen LogP contribution in [-0.2, 0) is 0 Å². The number of guanidine groups is 2. The Morgan fingerprint density at radius 2 is 2.06 bits per heavy atom. The van der Waals surface area contributed by atoms with Crippen molar-refractivity contribution in [3.63, 3.8) is 0 Å². The summed E-state index contributed by atoms with van der Waals surface area (Å²) >= 11 is 0. The van der Waals surface area contributed by atoms with Gasteiger partial charge in [-0.2, -0.15) is 4.99 Å². The van der Waals surface area contributed by atoms with Gasteiger partial charge in [0.1, 0.15) is 5.75 Å². The van der Waals surface area contributed by atoms with E-state index in [4.69, 9.17) is 16.9 Å². The second-order valence-electron chi connectivity index (χ2n) is 3.36. The van der Waals surface area contributed by atoms with Crippen LogP contribution in [0.25, 0.3) is 0 Å². The van der Waals surface area contributed by atoms with Crippen LogP contribution in [-0.4, -0.2) is 24.1 Å². The molecule has 0 heterocycles. The lowest BCUT2D eigenvalue weighted by Gasteiger charge is -2.18. The van der Waals surface area contributed by atoms with Crippen molar-refractivity contribution >= 4 is 17.6 Å². The number of anilines is 1. The van der Waals surface area contributed by atoms with Crippen LogP contribution in [0.15, 0.2) is 23.2 Å². The maximum Gasteiger partial charge on any atom is 0.225 e. The van der Waals surface area contributed by atoms with Crippen molar-refractivity contribution in [1.29, 1.82) is 5.41 Å². The number of nitrogens with one attached hydrogen (secondary N) is 1. The Bertz CT molecular complexity index is 437. The number of nitrogens with two attached hydrogens (primary N) is 2. The van der Waals surface area contributed by atoms with Gasteiger partial charge in [0, 0.05) is 7.05 Å². The molecule has 0 amide bonds. The smallest absolute Gasteiger partial charge is 0.225 e. The Morgan fingerprint density at radius 3 is 2.62 bits per heavy atom. The van der Waals surface area contributed by atoms with Gasteiger partial charge >= 0.3 is 0 Å². The maximum atomic E-state index is 9.80. The topological polar surface area (TPSA) is 112 Å². The van der Waals surface area contributed by atoms with Crippen LogP contribution in [0.2, 0.25) is 0 Å². The maximum absolute atomic E-state index is 9.80. The van der Waals surface area contributed by atoms with Crippen molar-refractivity contribution in [2.24, 2.45) is 16.5 Å². The minimum atomic E-state index is -0.191. The van der Waals surface area contributed by atoms with E-state index in [1.165, 1.54) is 4.90 Å². The van der Waals surface area contributed by atoms with E-state index in [9.17, 15) is 5.11 Å². The van der Waals surface area contributed by atoms with E-state index in [-0.39, 0.29) is 17.7 Å². The second-order valence-corrected chi connectivity index (χ2v) is 3.36. The quantitative estimate of drug-likeness (QED) is 0.404. The predicted octanol–water partition coefficient (Wildman–Crippen LogP) is 0.345. The normalized spacial score (nSPS) is 9.62. The molecule has 16 heavy (non-hydrogen) atoms. The summed E-state index contributed by atoms with van der Waals surface area (Å²) in [6.07, 6.45) is 0. The molecule has 6 N–H and O–H groups in total. The molecule has 6 heteroatoms. The Morgan fingerprint density at radius 1 is 1.44 bits per heavy atom. The molecule has 0 fully saturated rings. The number of nitrogens with zero attached hydrogens (tertiary/aromatic N) is 2. The summed E-state index contributed by atoms with van der Waals surface area (Å²) < 4.78 is 0. The highest BCUT2D eigenvalue weighted by Crippen LogP contribution is 2.29. The Balaban J connectivity index is 3.06. The predicted molar refractivity (Wildman–Crippen MR) is 64.8 cm³/mol. The van der Waals surface area contributed by atoms with Crippen LogP contribution in [0.3, 0.4) is 0 Å². The molecule has 1 rings (SSSR count). The van der Waals surface area contributed by atoms with Gasteiger partial charge in [-0.1, -0.05) is 12.1 Å². The molecule has 0 spiro atoms. The first-order valence-corrected chi connectivity index (χ1v) is 4.64. The number of hydrogen-bond acceptors (Lipinski definition) is 2. The molecule has 0 radical (unpaired) electrons. The van der Waals surface area contributed by atoms with Gasteiger partial charge in [0.15, 0.2) is 5.96 Å². The highest BCUT2D eigenvalue weighted by Gasteiger charge is 2.12. The Kier molecular flexibility index (Phi) is 3.34. The molecular formula is C10H15N5O. The van der Waals surface area contributed by atoms with E-state index in [0.29, 0.717) is 5.69 Å². The zero-order valence-corrected chi connectivity index (χ0v) is 9.23. The van der Waals surface area contributed by atoms with E-state index in [1.54, 1.807) is 32.2 Å². The zero-order chi connectivity index (χ0) is 12.3. The fourth-order valence-electron chi connectivity index (χ4n) is 1.23. The number of aryl methyl sites for hydroxylation is 1. The number of aromatic hydroxyl groups is 1. The van der Waals surface area contributed by atoms with E-state index < -0.39 is 0 Å². The van der Waals surface area contributed by atoms with Crippen LogP contribution in [0.5, 0.6) is 5.75 Å². The lowest BCUT2D eigenvalue weighted by Crippen LogP contribution is -2.30. The summed E-state index contributed by atoms with van der Waals surface area (Å²) in [5, 5.41) is 17.4. The average molecular weight is 221 g/mol. The third-order valence-corrected chi connectivity index (χ3v) is 2.13. The molecule has 0 bridgehead atoms. The molecule has 86 valence electrons. The fourth-order valence-corrected chi connectivity index (χ4v) is 1.23. The molecule has 0 aromatic heterocycles. The van der Waals surface area contributed by atoms with Crippen LogP contribution >= 0.6 is 0 Å². The van der Waals surface area contributed by atoms with Gasteiger partial charge in [-0.25, -0.2) is 0 Å². The molecule has 6 nitrogen and oxygen atoms in total. The van der Waals surface area contributed by atoms with Gasteiger partial charge in [0.05, 0.1) is 5.69 Å². The lowest BCUT2D eigenvalue weighted by atomic mass is 10.2. The number of phenolic OH excluding ortho intramolecular Hbond substituents is 1. The summed E-state index contributed by atoms with van der Waals surface area (Å²) in [4.78, 5) is 4.99. The fraction of sp³-hybridized carbons (Fsp3) is 0.200. The molecule has 0 aliphatic heterocycles. The first-order chi connectivity index (χ1) is 7.43. The standard InChI is InChI=1S/C10H15N5O/c1-6-4-3-5-7(8(6)16)15(2)10(13)14-9(11)12/h3-5,16H,1-2H3,(H5,11,12,13,14). The molecule has 0 aliphatic carbocycles. The highest BCUT2D eigenvalue weighted by molar-refractivity contribution is 6.01. The highest BCUT2D eigenvalue weighted by atomic mass is 16.3. The molecule has 0 aliphatic rings. The van der Waals surface area contributed by atoms with Crippen molar-refractivity contribution in [1.82, 2.24) is 0 Å². The van der Waals surface area contributed by atoms with Crippen LogP contribution in [0.1, 0.15) is 5.56 Å². The zero-order valence-electron chi connectivity index (χ0n) is 9.23. The monoisotopic (exact) mass is 221 g/mol. The third kappa shape index (κ3) is 2.41. The molecule has 0 saturated heterocycles. The summed E-state index contributed by atoms with van der Waals surface area (Å²) in [6, 6.07) is 5.24. The van der Waals surface area contributed by atoms with Crippen molar-refractivity contribution < 1.29 is 5.11 Å². The number of hydrogen-bond donors (Lipinski definition) is 4. The van der Waals surface area contributed by atoms with Crippen LogP contribution < -0.4 is 16.4 Å². The summed E-state index contributed by atoms with van der Waals surface area (Å²) in [7, 11) is 1.60. The number of benzene rings is 1. The molecular weight excluding hydrogens is 206 g/mol. The van der Waals surface area contributed by atoms with E-state index >= 15 is 0 Å². The molecule has 0 saturated carbocycles. The van der Waals surface area contributed by atoms with E-state index in [2.05, 4.69) is 4.99 Å². The largest absolute Gasteiger partial charge is 0.505 e. The minimum Gasteiger partial charge on any atom is -0.505 e. The number of rotatable bonds is 1. The van der Waals surface area contributed by atoms with Gasteiger partial charge in [-0.15, -0.1) is 0 Å². The van der Waals surface area contributed by atoms with Crippen molar-refractivity contribution in [2.45, 2.75) is 6.92 Å². The van der Waals surface area contributed by atoms with E-state index in [0.717, 1.165) is 5.56 Å². The number of phenols is 1. The van der Waals surface area contributed by atoms with Crippen molar-refractivity contribution in [2.75, 3.05) is 11.9 Å². The van der Waals surface area contributed by atoms with E-state index in [1.807, 2.05) is 0 Å². The van der Waals surface area contributed by atoms with Crippen LogP contribution in [0, 0.1) is 12.3 Å². The molecule has 0 unspecified atom stereocenters. The van der Waals surface area contributed by atoms with Gasteiger partial charge in [-0.05, 0) is 18.6 Å². The van der Waals surface area contributed by atoms with Gasteiger partial charge in [-0.3, -0.25) is 5.41 Å². The Labute approximate surface area is 93.7 Å². The van der Waals surface area contributed by atoms with Crippen molar-refractivity contribution in [3.8, 4) is 5.75 Å².